The molecule has 7 rings (SSSR count). The molecule has 5 atom stereocenters. The number of thiazole rings is 1. The number of rotatable bonds is 11. The molecule has 2 N–H and O–H groups in total. The van der Waals surface area contributed by atoms with Crippen LogP contribution in [-0.4, -0.2) is 84.8 Å². The third-order valence-corrected chi connectivity index (χ3v) is 14.9. The van der Waals surface area contributed by atoms with Crippen molar-refractivity contribution in [1.29, 1.82) is 0 Å². The summed E-state index contributed by atoms with van der Waals surface area (Å²) in [5.74, 6) is -0.796. The van der Waals surface area contributed by atoms with Gasteiger partial charge in [-0.1, -0.05) is 19.9 Å². The Morgan fingerprint density at radius 1 is 1.18 bits per heavy atom. The first-order chi connectivity index (χ1) is 23.7. The zero-order valence-electron chi connectivity index (χ0n) is 28.3. The molecule has 2 saturated carbocycles. The van der Waals surface area contributed by atoms with Gasteiger partial charge in [0.2, 0.25) is 26.0 Å². The van der Waals surface area contributed by atoms with Crippen LogP contribution in [0.4, 0.5) is 0 Å². The minimum absolute atomic E-state index is 0.0234. The van der Waals surface area contributed by atoms with Gasteiger partial charge in [-0.25, -0.2) is 26.8 Å². The molecule has 268 valence electrons. The first-order valence-corrected chi connectivity index (χ1v) is 20.8. The second-order valence-electron chi connectivity index (χ2n) is 14.0. The van der Waals surface area contributed by atoms with E-state index < -0.39 is 66.8 Å². The van der Waals surface area contributed by atoms with Crippen molar-refractivity contribution < 1.29 is 35.9 Å². The van der Waals surface area contributed by atoms with Crippen molar-refractivity contribution in [3.05, 3.63) is 47.5 Å². The molecule has 0 unspecified atom stereocenters. The van der Waals surface area contributed by atoms with Crippen LogP contribution in [0.1, 0.15) is 69.5 Å². The number of carbonyl (C=O) groups excluding carboxylic acids is 2. The largest absolute Gasteiger partial charge is 0.496 e. The number of ether oxygens (including phenoxy) is 2. The Hall–Kier alpha value is -3.60. The van der Waals surface area contributed by atoms with Gasteiger partial charge in [0, 0.05) is 34.7 Å². The number of sulfonamides is 2. The van der Waals surface area contributed by atoms with Gasteiger partial charge >= 0.3 is 0 Å². The quantitative estimate of drug-likeness (QED) is 0.275. The van der Waals surface area contributed by atoms with E-state index in [4.69, 9.17) is 19.4 Å². The monoisotopic (exact) mass is 743 g/mol. The van der Waals surface area contributed by atoms with Crippen molar-refractivity contribution in [3.63, 3.8) is 0 Å². The van der Waals surface area contributed by atoms with Gasteiger partial charge in [0.1, 0.15) is 39.9 Å². The maximum atomic E-state index is 14.1. The molecule has 4 aliphatic rings. The van der Waals surface area contributed by atoms with Crippen molar-refractivity contribution in [1.82, 2.24) is 24.3 Å². The lowest BCUT2D eigenvalue weighted by Gasteiger charge is -2.34. The Morgan fingerprint density at radius 3 is 2.58 bits per heavy atom. The van der Waals surface area contributed by atoms with Gasteiger partial charge in [0.15, 0.2) is 0 Å². The molecule has 2 saturated heterocycles. The summed E-state index contributed by atoms with van der Waals surface area (Å²) in [7, 11) is -6.15. The van der Waals surface area contributed by atoms with E-state index in [1.165, 1.54) is 21.7 Å². The van der Waals surface area contributed by atoms with Gasteiger partial charge in [0.05, 0.1) is 35.4 Å². The fourth-order valence-corrected chi connectivity index (χ4v) is 11.4. The number of aryl methyl sites for hydroxylation is 1. The maximum absolute atomic E-state index is 14.1. The standard InChI is InChI=1S/C34H41N5O8S3/c1-6-20-16-34(20,33(41)38-50(44,45)21-9-10-21)37-31(40)26-15-29(25-8-7-13-49(42,43)39(25)26)47-28-14-23(32-36-24(17-48-32)18(2)3)35-30-19(4)27(46-5)12-11-22(28)30/h6,11-12,14,17-18,20-21,25-26,29H,1,7-10,13,15-16H2,2-5H3,(H,37,40)(H,38,41)/t20-,25-,26+,29-,34-/m1/s1. The van der Waals surface area contributed by atoms with Crippen LogP contribution in [0, 0.1) is 12.8 Å². The van der Waals surface area contributed by atoms with Crippen LogP contribution in [-0.2, 0) is 29.6 Å². The first kappa shape index (κ1) is 34.8. The summed E-state index contributed by atoms with van der Waals surface area (Å²) in [6.07, 6.45) is 2.78. The SMILES string of the molecule is C=C[C@@H]1C[C@]1(NC(=O)[C@@H]1C[C@@H](Oc2cc(-c3nc(C(C)C)cs3)nc3c(C)c(OC)ccc23)[C@H]2CCCS(=O)(=O)N21)C(=O)NS(=O)(=O)C1CC1. The fourth-order valence-electron chi connectivity index (χ4n) is 7.18. The highest BCUT2D eigenvalue weighted by Gasteiger charge is 2.63. The number of amides is 2. The summed E-state index contributed by atoms with van der Waals surface area (Å²) < 4.78 is 68.1. The number of hydrogen-bond acceptors (Lipinski definition) is 11. The van der Waals surface area contributed by atoms with Crippen LogP contribution in [0.3, 0.4) is 0 Å². The molecule has 2 aliphatic carbocycles. The third kappa shape index (κ3) is 6.07. The van der Waals surface area contributed by atoms with E-state index in [9.17, 15) is 26.4 Å². The van der Waals surface area contributed by atoms with Gasteiger partial charge in [-0.05, 0) is 57.1 Å². The van der Waals surface area contributed by atoms with Crippen LogP contribution in [0.15, 0.2) is 36.2 Å². The van der Waals surface area contributed by atoms with Crippen molar-refractivity contribution in [2.75, 3.05) is 12.9 Å². The third-order valence-electron chi connectivity index (χ3n) is 10.3. The molecule has 4 fully saturated rings. The zero-order valence-corrected chi connectivity index (χ0v) is 30.8. The maximum Gasteiger partial charge on any atom is 0.259 e. The Morgan fingerprint density at radius 2 is 1.94 bits per heavy atom. The first-order valence-electron chi connectivity index (χ1n) is 16.8. The molecule has 0 spiro atoms. The molecule has 13 nitrogen and oxygen atoms in total. The lowest BCUT2D eigenvalue weighted by Crippen LogP contribution is -2.58. The Balaban J connectivity index is 1.22. The highest BCUT2D eigenvalue weighted by Crippen LogP contribution is 2.47. The van der Waals surface area contributed by atoms with Gasteiger partial charge in [-0.15, -0.1) is 17.9 Å². The number of benzene rings is 1. The normalized spacial score (nSPS) is 27.5. The summed E-state index contributed by atoms with van der Waals surface area (Å²) in [5, 5.41) is 5.54. The molecule has 2 amide bonds. The second kappa shape index (κ2) is 12.6. The molecular formula is C34H41N5O8S3. The number of nitrogens with one attached hydrogen (secondary N) is 2. The predicted molar refractivity (Wildman–Crippen MR) is 189 cm³/mol. The van der Waals surface area contributed by atoms with Gasteiger partial charge < -0.3 is 14.8 Å². The number of nitrogens with zero attached hydrogens (tertiary/aromatic N) is 3. The van der Waals surface area contributed by atoms with Crippen LogP contribution in [0.2, 0.25) is 0 Å². The van der Waals surface area contributed by atoms with Crippen molar-refractivity contribution >= 4 is 54.1 Å². The topological polar surface area (TPSA) is 174 Å². The Kier molecular flexibility index (Phi) is 8.75. The van der Waals surface area contributed by atoms with Crippen LogP contribution in [0.25, 0.3) is 21.6 Å². The summed E-state index contributed by atoms with van der Waals surface area (Å²) >= 11 is 1.47. The molecule has 1 aromatic carbocycles. The summed E-state index contributed by atoms with van der Waals surface area (Å²) in [6, 6.07) is 3.67. The van der Waals surface area contributed by atoms with Crippen LogP contribution >= 0.6 is 11.3 Å². The van der Waals surface area contributed by atoms with E-state index in [0.29, 0.717) is 58.8 Å². The Bertz CT molecular complexity index is 2110. The van der Waals surface area contributed by atoms with E-state index in [1.807, 2.05) is 30.5 Å². The van der Waals surface area contributed by atoms with E-state index >= 15 is 0 Å². The van der Waals surface area contributed by atoms with E-state index in [1.54, 1.807) is 7.11 Å². The minimum atomic E-state index is -3.88. The summed E-state index contributed by atoms with van der Waals surface area (Å²) in [6.45, 7) is 9.80. The van der Waals surface area contributed by atoms with Crippen molar-refractivity contribution in [2.45, 2.75) is 94.2 Å². The predicted octanol–water partition coefficient (Wildman–Crippen LogP) is 3.78. The molecule has 2 aromatic heterocycles. The molecule has 0 radical (unpaired) electrons. The molecule has 16 heteroatoms. The Labute approximate surface area is 295 Å². The second-order valence-corrected chi connectivity index (χ2v) is 18.8. The number of fused-ring (bicyclic) bond motifs is 2. The zero-order chi connectivity index (χ0) is 35.7. The minimum Gasteiger partial charge on any atom is -0.496 e. The molecule has 3 aromatic rings. The van der Waals surface area contributed by atoms with Gasteiger partial charge in [-0.3, -0.25) is 14.3 Å². The number of methoxy groups -OCH3 is 1. The lowest BCUT2D eigenvalue weighted by molar-refractivity contribution is -0.131. The highest BCUT2D eigenvalue weighted by atomic mass is 32.2. The van der Waals surface area contributed by atoms with Crippen LogP contribution in [0.5, 0.6) is 11.5 Å². The van der Waals surface area contributed by atoms with Crippen molar-refractivity contribution in [2.24, 2.45) is 5.92 Å². The molecule has 4 heterocycles. The van der Waals surface area contributed by atoms with Gasteiger partial charge in [0.25, 0.3) is 5.91 Å². The molecular weight excluding hydrogens is 703 g/mol. The van der Waals surface area contributed by atoms with E-state index in [0.717, 1.165) is 11.3 Å². The number of carbonyl (C=O) groups is 2. The lowest BCUT2D eigenvalue weighted by atomic mass is 10.0. The number of pyridine rings is 1. The summed E-state index contributed by atoms with van der Waals surface area (Å²) in [4.78, 5) is 37.2. The van der Waals surface area contributed by atoms with Crippen molar-refractivity contribution in [3.8, 4) is 22.2 Å². The van der Waals surface area contributed by atoms with E-state index in [-0.39, 0.29) is 24.5 Å². The molecule has 2 aliphatic heterocycles. The van der Waals surface area contributed by atoms with Gasteiger partial charge in [-0.2, -0.15) is 4.31 Å². The smallest absolute Gasteiger partial charge is 0.259 e. The fraction of sp³-hybridized carbons (Fsp3) is 0.529. The molecule has 0 bridgehead atoms. The van der Waals surface area contributed by atoms with E-state index in [2.05, 4.69) is 30.5 Å². The molecule has 50 heavy (non-hydrogen) atoms. The number of hydrogen-bond donors (Lipinski definition) is 2. The summed E-state index contributed by atoms with van der Waals surface area (Å²) in [5.41, 5.74) is 1.45. The van der Waals surface area contributed by atoms with Crippen LogP contribution < -0.4 is 19.5 Å². The highest BCUT2D eigenvalue weighted by molar-refractivity contribution is 7.91. The number of aromatic nitrogens is 2. The average molecular weight is 744 g/mol. The average Bonchev–Trinajstić information content (AvgIpc) is 3.96.